The van der Waals surface area contributed by atoms with E-state index in [0.717, 1.165) is 6.54 Å². The van der Waals surface area contributed by atoms with Crippen LogP contribution in [0.1, 0.15) is 20.3 Å². The summed E-state index contributed by atoms with van der Waals surface area (Å²) in [5, 5.41) is 0. The molecule has 0 aromatic carbocycles. The molecule has 0 saturated carbocycles. The monoisotopic (exact) mass is 162 g/mol. The van der Waals surface area contributed by atoms with Gasteiger partial charge in [-0.15, -0.1) is 5.98 Å². The van der Waals surface area contributed by atoms with Gasteiger partial charge in [-0.25, -0.2) is 0 Å². The molecule has 2 heterocycles. The fourth-order valence-electron chi connectivity index (χ4n) is 1.57. The molecular weight excluding hydrogens is 145 g/mol. The van der Waals surface area contributed by atoms with Crippen LogP contribution in [0.5, 0.6) is 0 Å². The van der Waals surface area contributed by atoms with E-state index < -0.39 is 0 Å². The lowest BCUT2D eigenvalue weighted by molar-refractivity contribution is 0.358. The molecule has 65 valence electrons. The van der Waals surface area contributed by atoms with E-state index in [0.29, 0.717) is 0 Å². The van der Waals surface area contributed by atoms with Crippen molar-refractivity contribution in [2.75, 3.05) is 20.1 Å². The summed E-state index contributed by atoms with van der Waals surface area (Å²) >= 11 is 0. The first-order chi connectivity index (χ1) is 5.86. The molecule has 0 saturated heterocycles. The Morgan fingerprint density at radius 1 is 1.42 bits per heavy atom. The van der Waals surface area contributed by atoms with Gasteiger partial charge in [0.2, 0.25) is 0 Å². The molecule has 0 spiro atoms. The minimum absolute atomic E-state index is 1.14. The van der Waals surface area contributed by atoms with E-state index in [4.69, 9.17) is 0 Å². The highest BCUT2D eigenvalue weighted by molar-refractivity contribution is 6.53. The predicted octanol–water partition coefficient (Wildman–Crippen LogP) is 1.83. The lowest BCUT2D eigenvalue weighted by atomic mass is 9.71. The Balaban J connectivity index is 0.000000336. The Kier molecular flexibility index (Phi) is 3.61. The molecule has 0 atom stereocenters. The van der Waals surface area contributed by atoms with Crippen LogP contribution in [0.4, 0.5) is 0 Å². The molecule has 12 heavy (non-hydrogen) atoms. The maximum Gasteiger partial charge on any atom is 0.177 e. The Bertz CT molecular complexity index is 206. The second kappa shape index (κ2) is 4.51. The zero-order valence-corrected chi connectivity index (χ0v) is 8.30. The van der Waals surface area contributed by atoms with Gasteiger partial charge in [0.25, 0.3) is 0 Å². The molecule has 1 nitrogen and oxygen atoms in total. The number of hydrogen-bond donors (Lipinski definition) is 0. The van der Waals surface area contributed by atoms with E-state index >= 15 is 0 Å². The SMILES string of the molecule is CC.CN1CCC2=C([B]C=C2)C1. The van der Waals surface area contributed by atoms with Crippen molar-refractivity contribution in [2.24, 2.45) is 0 Å². The van der Waals surface area contributed by atoms with Gasteiger partial charge in [0.1, 0.15) is 0 Å². The molecule has 0 fully saturated rings. The number of hydrogen-bond acceptors (Lipinski definition) is 1. The fraction of sp³-hybridized carbons (Fsp3) is 0.600. The average molecular weight is 162 g/mol. The summed E-state index contributed by atoms with van der Waals surface area (Å²) in [7, 11) is 4.40. The Hall–Kier alpha value is -0.495. The Morgan fingerprint density at radius 3 is 2.92 bits per heavy atom. The maximum absolute atomic E-state index is 2.36. The van der Waals surface area contributed by atoms with Crippen LogP contribution < -0.4 is 0 Å². The van der Waals surface area contributed by atoms with Crippen LogP contribution >= 0.6 is 0 Å². The third-order valence-corrected chi connectivity index (χ3v) is 2.21. The molecular formula is C10H17BN. The second-order valence-corrected chi connectivity index (χ2v) is 3.06. The molecule has 0 bridgehead atoms. The van der Waals surface area contributed by atoms with Crippen molar-refractivity contribution in [2.45, 2.75) is 20.3 Å². The van der Waals surface area contributed by atoms with E-state index in [-0.39, 0.29) is 0 Å². The van der Waals surface area contributed by atoms with Crippen LogP contribution in [-0.2, 0) is 0 Å². The van der Waals surface area contributed by atoms with E-state index in [2.05, 4.69) is 31.3 Å². The lowest BCUT2D eigenvalue weighted by Gasteiger charge is -2.23. The van der Waals surface area contributed by atoms with Gasteiger partial charge >= 0.3 is 0 Å². The first-order valence-corrected chi connectivity index (χ1v) is 4.78. The van der Waals surface area contributed by atoms with E-state index in [1.807, 2.05) is 13.8 Å². The van der Waals surface area contributed by atoms with Crippen molar-refractivity contribution < 1.29 is 0 Å². The molecule has 0 aromatic rings. The second-order valence-electron chi connectivity index (χ2n) is 3.06. The molecule has 1 radical (unpaired) electrons. The van der Waals surface area contributed by atoms with Crippen molar-refractivity contribution in [1.82, 2.24) is 4.90 Å². The highest BCUT2D eigenvalue weighted by Gasteiger charge is 2.16. The van der Waals surface area contributed by atoms with E-state index in [1.165, 1.54) is 18.4 Å². The summed E-state index contributed by atoms with van der Waals surface area (Å²) in [4.78, 5) is 2.36. The maximum atomic E-state index is 2.36. The van der Waals surface area contributed by atoms with E-state index in [9.17, 15) is 0 Å². The highest BCUT2D eigenvalue weighted by Crippen LogP contribution is 2.21. The molecule has 2 aliphatic heterocycles. The van der Waals surface area contributed by atoms with Crippen molar-refractivity contribution in [3.05, 3.63) is 23.1 Å². The van der Waals surface area contributed by atoms with Gasteiger partial charge in [0, 0.05) is 13.1 Å². The number of allylic oxidation sites excluding steroid dienone is 1. The van der Waals surface area contributed by atoms with Crippen LogP contribution in [0.15, 0.2) is 23.1 Å². The van der Waals surface area contributed by atoms with Crippen LogP contribution in [0, 0.1) is 0 Å². The summed E-state index contributed by atoms with van der Waals surface area (Å²) in [5.41, 5.74) is 3.08. The topological polar surface area (TPSA) is 3.24 Å². The third-order valence-electron chi connectivity index (χ3n) is 2.21. The molecule has 0 aliphatic carbocycles. The first kappa shape index (κ1) is 9.59. The summed E-state index contributed by atoms with van der Waals surface area (Å²) in [5.74, 6) is 2.16. The van der Waals surface area contributed by atoms with E-state index in [1.54, 1.807) is 5.57 Å². The zero-order valence-electron chi connectivity index (χ0n) is 8.30. The predicted molar refractivity (Wildman–Crippen MR) is 55.4 cm³/mol. The zero-order chi connectivity index (χ0) is 8.97. The van der Waals surface area contributed by atoms with Crippen LogP contribution in [0.25, 0.3) is 0 Å². The molecule has 2 heteroatoms. The van der Waals surface area contributed by atoms with Crippen molar-refractivity contribution >= 4 is 7.28 Å². The van der Waals surface area contributed by atoms with Crippen LogP contribution in [0.2, 0.25) is 0 Å². The Labute approximate surface area is 76.4 Å². The third kappa shape index (κ3) is 2.01. The largest absolute Gasteiger partial charge is 0.303 e. The molecule has 2 rings (SSSR count). The summed E-state index contributed by atoms with van der Waals surface area (Å²) in [6.45, 7) is 6.36. The molecule has 0 N–H and O–H groups in total. The normalized spacial score (nSPS) is 21.2. The molecule has 0 unspecified atom stereocenters. The first-order valence-electron chi connectivity index (χ1n) is 4.78. The van der Waals surface area contributed by atoms with Gasteiger partial charge in [-0.2, -0.15) is 0 Å². The minimum Gasteiger partial charge on any atom is -0.303 e. The highest BCUT2D eigenvalue weighted by atomic mass is 15.1. The van der Waals surface area contributed by atoms with Crippen LogP contribution in [-0.4, -0.2) is 32.3 Å². The van der Waals surface area contributed by atoms with Crippen molar-refractivity contribution in [3.8, 4) is 0 Å². The van der Waals surface area contributed by atoms with Gasteiger partial charge in [-0.1, -0.05) is 31.0 Å². The van der Waals surface area contributed by atoms with Gasteiger partial charge in [0.05, 0.1) is 0 Å². The minimum atomic E-state index is 1.14. The quantitative estimate of drug-likeness (QED) is 0.491. The lowest BCUT2D eigenvalue weighted by Crippen LogP contribution is -2.27. The number of nitrogens with zero attached hydrogens (tertiary/aromatic N) is 1. The van der Waals surface area contributed by atoms with Gasteiger partial charge < -0.3 is 4.90 Å². The fourth-order valence-corrected chi connectivity index (χ4v) is 1.57. The van der Waals surface area contributed by atoms with Gasteiger partial charge in [0.15, 0.2) is 7.28 Å². The molecule has 0 aromatic heterocycles. The summed E-state index contributed by atoms with van der Waals surface area (Å²) in [6.07, 6.45) is 3.47. The summed E-state index contributed by atoms with van der Waals surface area (Å²) in [6, 6.07) is 0. The molecule has 0 amide bonds. The smallest absolute Gasteiger partial charge is 0.177 e. The Morgan fingerprint density at radius 2 is 2.17 bits per heavy atom. The van der Waals surface area contributed by atoms with Crippen LogP contribution in [0.3, 0.4) is 0 Å². The standard InChI is InChI=1S/C8H11BN.C2H6/c1-10-5-3-7-2-4-9-8(7)6-10;1-2/h2,4H,3,5-6H2,1H3;1-2H3. The van der Waals surface area contributed by atoms with Crippen molar-refractivity contribution in [3.63, 3.8) is 0 Å². The number of likely N-dealkylation sites (N-methyl/N-ethyl adjacent to an activating group) is 1. The summed E-state index contributed by atoms with van der Waals surface area (Å²) < 4.78 is 0. The van der Waals surface area contributed by atoms with Gasteiger partial charge in [-0.3, -0.25) is 0 Å². The molecule has 2 aliphatic rings. The average Bonchev–Trinajstić information content (AvgIpc) is 2.54. The van der Waals surface area contributed by atoms with Crippen molar-refractivity contribution in [1.29, 1.82) is 0 Å². The number of rotatable bonds is 0. The van der Waals surface area contributed by atoms with Gasteiger partial charge in [-0.05, 0) is 13.5 Å².